The first-order chi connectivity index (χ1) is 17.0. The second kappa shape index (κ2) is 13.7. The molecule has 2 heterocycles. The van der Waals surface area contributed by atoms with Crippen LogP contribution in [0.25, 0.3) is 21.9 Å². The fourth-order valence-electron chi connectivity index (χ4n) is 3.92. The third kappa shape index (κ3) is 7.83. The number of nitrogens with zero attached hydrogens (tertiary/aromatic N) is 3. The highest BCUT2D eigenvalue weighted by Crippen LogP contribution is 2.30. The lowest BCUT2D eigenvalue weighted by Gasteiger charge is -2.28. The summed E-state index contributed by atoms with van der Waals surface area (Å²) in [5.74, 6) is 1.27. The van der Waals surface area contributed by atoms with Crippen LogP contribution in [0.5, 0.6) is 0 Å². The van der Waals surface area contributed by atoms with E-state index in [1.54, 1.807) is 0 Å². The van der Waals surface area contributed by atoms with Crippen LogP contribution in [-0.2, 0) is 32.1 Å². The fourth-order valence-corrected chi connectivity index (χ4v) is 3.92. The number of aromatic nitrogens is 3. The van der Waals surface area contributed by atoms with Gasteiger partial charge in [-0.05, 0) is 26.8 Å². The van der Waals surface area contributed by atoms with Crippen LogP contribution in [0.2, 0.25) is 0 Å². The van der Waals surface area contributed by atoms with Gasteiger partial charge in [0.15, 0.2) is 5.82 Å². The fraction of sp³-hybridized carbons (Fsp3) is 0.600. The second-order valence-corrected chi connectivity index (χ2v) is 8.90. The average Bonchev–Trinajstić information content (AvgIpc) is 3.19. The van der Waals surface area contributed by atoms with Gasteiger partial charge >= 0.3 is 0 Å². The largest absolute Gasteiger partial charge is 0.382 e. The van der Waals surface area contributed by atoms with Crippen LogP contribution in [-0.4, -0.2) is 79.4 Å². The molecule has 0 aliphatic rings. The number of ether oxygens (including phenoxy) is 4. The molecule has 35 heavy (non-hydrogen) atoms. The zero-order chi connectivity index (χ0) is 25.1. The summed E-state index contributed by atoms with van der Waals surface area (Å²) in [6, 6.07) is 8.02. The van der Waals surface area contributed by atoms with Crippen LogP contribution in [0.1, 0.15) is 26.6 Å². The van der Waals surface area contributed by atoms with Crippen LogP contribution >= 0.6 is 0 Å². The highest BCUT2D eigenvalue weighted by atomic mass is 16.5. The van der Waals surface area contributed by atoms with E-state index in [1.807, 2.05) is 25.1 Å². The molecule has 194 valence electrons. The first-order valence-corrected chi connectivity index (χ1v) is 12.3. The van der Waals surface area contributed by atoms with Crippen molar-refractivity contribution in [1.29, 1.82) is 0 Å². The Morgan fingerprint density at radius 2 is 1.63 bits per heavy atom. The molecule has 1 aromatic carbocycles. The lowest BCUT2D eigenvalue weighted by Crippen LogP contribution is -2.45. The molecule has 10 nitrogen and oxygen atoms in total. The van der Waals surface area contributed by atoms with E-state index in [0.29, 0.717) is 83.8 Å². The topological polar surface area (TPSA) is 132 Å². The van der Waals surface area contributed by atoms with Gasteiger partial charge in [-0.2, -0.15) is 0 Å². The van der Waals surface area contributed by atoms with Crippen molar-refractivity contribution in [2.75, 3.05) is 65.1 Å². The summed E-state index contributed by atoms with van der Waals surface area (Å²) in [5.41, 5.74) is 14.0. The third-order valence-electron chi connectivity index (χ3n) is 5.53. The van der Waals surface area contributed by atoms with E-state index in [2.05, 4.69) is 34.8 Å². The molecule has 0 saturated carbocycles. The molecule has 0 amide bonds. The summed E-state index contributed by atoms with van der Waals surface area (Å²) in [5, 5.41) is 4.63. The maximum atomic E-state index is 6.29. The first kappa shape index (κ1) is 27.3. The smallest absolute Gasteiger partial charge is 0.152 e. The molecule has 3 rings (SSSR count). The number of hydrogen-bond donors (Lipinski definition) is 3. The minimum atomic E-state index is -0.228. The van der Waals surface area contributed by atoms with Gasteiger partial charge in [0.2, 0.25) is 0 Å². The van der Waals surface area contributed by atoms with Gasteiger partial charge in [-0.1, -0.05) is 18.2 Å². The summed E-state index contributed by atoms with van der Waals surface area (Å²) < 4.78 is 24.4. The van der Waals surface area contributed by atoms with E-state index in [1.165, 1.54) is 0 Å². The quantitative estimate of drug-likeness (QED) is 0.244. The number of benzene rings is 1. The molecule has 0 spiro atoms. The maximum Gasteiger partial charge on any atom is 0.152 e. The van der Waals surface area contributed by atoms with Crippen molar-refractivity contribution in [2.45, 2.75) is 39.5 Å². The van der Waals surface area contributed by atoms with E-state index >= 15 is 0 Å². The number of imidazole rings is 1. The Kier molecular flexibility index (Phi) is 10.6. The summed E-state index contributed by atoms with van der Waals surface area (Å²) >= 11 is 0. The van der Waals surface area contributed by atoms with Crippen LogP contribution in [0.15, 0.2) is 24.3 Å². The lowest BCUT2D eigenvalue weighted by atomic mass is 10.1. The molecule has 5 N–H and O–H groups in total. The molecule has 0 aliphatic carbocycles. The zero-order valence-electron chi connectivity index (χ0n) is 21.2. The van der Waals surface area contributed by atoms with Crippen LogP contribution in [0, 0.1) is 0 Å². The van der Waals surface area contributed by atoms with Crippen LogP contribution < -0.4 is 16.8 Å². The highest BCUT2D eigenvalue weighted by molar-refractivity contribution is 6.06. The number of anilines is 1. The number of hydrogen-bond acceptors (Lipinski definition) is 9. The molecule has 0 aliphatic heterocycles. The van der Waals surface area contributed by atoms with Crippen LogP contribution in [0.4, 0.5) is 5.82 Å². The molecule has 0 saturated heterocycles. The molecule has 0 radical (unpaired) electrons. The van der Waals surface area contributed by atoms with Crippen molar-refractivity contribution in [3.05, 3.63) is 30.1 Å². The van der Waals surface area contributed by atoms with Crippen LogP contribution in [0.3, 0.4) is 0 Å². The first-order valence-electron chi connectivity index (χ1n) is 12.3. The van der Waals surface area contributed by atoms with Crippen molar-refractivity contribution in [3.63, 3.8) is 0 Å². The maximum absolute atomic E-state index is 6.29. The lowest BCUT2D eigenvalue weighted by molar-refractivity contribution is 0.0157. The minimum absolute atomic E-state index is 0.228. The van der Waals surface area contributed by atoms with E-state index in [-0.39, 0.29) is 5.54 Å². The van der Waals surface area contributed by atoms with Gasteiger partial charge in [0, 0.05) is 37.2 Å². The van der Waals surface area contributed by atoms with Crippen molar-refractivity contribution >= 4 is 27.8 Å². The van der Waals surface area contributed by atoms with Crippen molar-refractivity contribution in [2.24, 2.45) is 5.73 Å². The number of para-hydroxylation sites is 1. The molecule has 10 heteroatoms. The van der Waals surface area contributed by atoms with Crippen molar-refractivity contribution in [3.8, 4) is 0 Å². The Morgan fingerprint density at radius 1 is 0.943 bits per heavy atom. The predicted molar refractivity (Wildman–Crippen MR) is 138 cm³/mol. The van der Waals surface area contributed by atoms with Crippen molar-refractivity contribution in [1.82, 2.24) is 19.9 Å². The van der Waals surface area contributed by atoms with Gasteiger partial charge in [0.1, 0.15) is 17.9 Å². The van der Waals surface area contributed by atoms with E-state index in [0.717, 1.165) is 22.2 Å². The highest BCUT2D eigenvalue weighted by Gasteiger charge is 2.24. The van der Waals surface area contributed by atoms with E-state index in [9.17, 15) is 0 Å². The average molecular weight is 489 g/mol. The number of nitrogens with one attached hydrogen (secondary N) is 1. The van der Waals surface area contributed by atoms with Gasteiger partial charge in [0.25, 0.3) is 0 Å². The molecule has 0 fully saturated rings. The Morgan fingerprint density at radius 3 is 2.34 bits per heavy atom. The van der Waals surface area contributed by atoms with E-state index in [4.69, 9.17) is 35.4 Å². The monoisotopic (exact) mass is 488 g/mol. The Bertz CT molecular complexity index is 1060. The minimum Gasteiger partial charge on any atom is -0.382 e. The Labute approximate surface area is 207 Å². The zero-order valence-corrected chi connectivity index (χ0v) is 21.2. The second-order valence-electron chi connectivity index (χ2n) is 8.90. The molecule has 3 aromatic rings. The summed E-state index contributed by atoms with van der Waals surface area (Å²) in [6.45, 7) is 12.6. The van der Waals surface area contributed by atoms with Gasteiger partial charge in [-0.25, -0.2) is 9.97 Å². The third-order valence-corrected chi connectivity index (χ3v) is 5.53. The summed E-state index contributed by atoms with van der Waals surface area (Å²) in [6.07, 6.45) is 0. The van der Waals surface area contributed by atoms with Gasteiger partial charge in [-0.3, -0.25) is 0 Å². The Hall–Kier alpha value is -2.34. The molecule has 2 aromatic heterocycles. The summed E-state index contributed by atoms with van der Waals surface area (Å²) in [4.78, 5) is 9.37. The molecular formula is C25H40N6O4. The predicted octanol–water partition coefficient (Wildman–Crippen LogP) is 2.08. The standard InChI is InChI=1S/C25H40N6O4/c1-4-32-17-21-30-22-23(19-7-5-6-8-20(19)29-24(22)27)31(21)18-25(2,3)28-10-12-34-14-16-35-15-13-33-11-9-26/h5-8,28H,4,9-18,26H2,1-3H3,(H2,27,29). The summed E-state index contributed by atoms with van der Waals surface area (Å²) in [7, 11) is 0. The van der Waals surface area contributed by atoms with Gasteiger partial charge in [-0.15, -0.1) is 0 Å². The molecular weight excluding hydrogens is 448 g/mol. The van der Waals surface area contributed by atoms with Crippen molar-refractivity contribution < 1.29 is 18.9 Å². The number of fused-ring (bicyclic) bond motifs is 3. The van der Waals surface area contributed by atoms with E-state index < -0.39 is 0 Å². The normalized spacial score (nSPS) is 12.2. The number of nitrogen functional groups attached to an aromatic ring is 1. The number of nitrogens with two attached hydrogens (primary N) is 2. The SMILES string of the molecule is CCOCc1nc2c(N)nc3ccccc3c2n1CC(C)(C)NCCOCCOCCOCCN. The Balaban J connectivity index is 1.60. The number of rotatable bonds is 17. The molecule has 0 atom stereocenters. The van der Waals surface area contributed by atoms with Gasteiger partial charge < -0.3 is 40.3 Å². The van der Waals surface area contributed by atoms with Gasteiger partial charge in [0.05, 0.1) is 50.7 Å². The number of pyridine rings is 1. The molecule has 0 bridgehead atoms. The molecule has 0 unspecified atom stereocenters.